The fraction of sp³-hybridized carbons (Fsp3) is 0.526. The van der Waals surface area contributed by atoms with Crippen molar-refractivity contribution in [2.45, 2.75) is 47.6 Å². The third-order valence-electron chi connectivity index (χ3n) is 5.17. The summed E-state index contributed by atoms with van der Waals surface area (Å²) in [5.74, 6) is 0.928. The number of thioether (sulfide) groups is 1. The van der Waals surface area contributed by atoms with Crippen molar-refractivity contribution >= 4 is 45.7 Å². The minimum absolute atomic E-state index is 0.0539. The zero-order chi connectivity index (χ0) is 19.3. The Hall–Kier alpha value is -1.35. The van der Waals surface area contributed by atoms with Gasteiger partial charge in [-0.3, -0.25) is 10.1 Å². The fourth-order valence-electron chi connectivity index (χ4n) is 3.74. The van der Waals surface area contributed by atoms with Gasteiger partial charge in [-0.15, -0.1) is 21.8 Å². The van der Waals surface area contributed by atoms with Crippen LogP contribution < -0.4 is 16.0 Å². The van der Waals surface area contributed by atoms with Gasteiger partial charge in [0.05, 0.1) is 12.1 Å². The molecule has 3 N–H and O–H groups in total. The third-order valence-corrected chi connectivity index (χ3v) is 7.67. The highest BCUT2D eigenvalue weighted by Crippen LogP contribution is 2.31. The van der Waals surface area contributed by atoms with Crippen LogP contribution in [0.2, 0.25) is 0 Å². The predicted molar refractivity (Wildman–Crippen MR) is 115 cm³/mol. The number of nitrogens with zero attached hydrogens (tertiary/aromatic N) is 2. The van der Waals surface area contributed by atoms with Gasteiger partial charge < -0.3 is 10.6 Å². The van der Waals surface area contributed by atoms with Gasteiger partial charge in [0, 0.05) is 23.7 Å². The van der Waals surface area contributed by atoms with Crippen molar-refractivity contribution in [3.8, 4) is 0 Å². The zero-order valence-corrected chi connectivity index (χ0v) is 17.8. The molecule has 1 aliphatic heterocycles. The molecule has 1 amide bonds. The van der Waals surface area contributed by atoms with Crippen LogP contribution >= 0.6 is 34.7 Å². The van der Waals surface area contributed by atoms with E-state index in [1.54, 1.807) is 23.1 Å². The highest BCUT2D eigenvalue weighted by Gasteiger charge is 2.39. The molecule has 2 heterocycles. The van der Waals surface area contributed by atoms with Crippen molar-refractivity contribution in [2.24, 2.45) is 5.92 Å². The summed E-state index contributed by atoms with van der Waals surface area (Å²) < 4.78 is 0.902. The first-order valence-electron chi connectivity index (χ1n) is 9.62. The maximum atomic E-state index is 12.4. The molecule has 6 nitrogen and oxygen atoms in total. The molecule has 2 aromatic rings. The lowest BCUT2D eigenvalue weighted by Gasteiger charge is -2.41. The number of anilines is 1. The number of rotatable bonds is 7. The topological polar surface area (TPSA) is 78.9 Å². The second kappa shape index (κ2) is 9.43. The van der Waals surface area contributed by atoms with E-state index in [0.717, 1.165) is 47.5 Å². The molecule has 0 bridgehead atoms. The minimum atomic E-state index is -0.0564. The molecule has 4 atom stereocenters. The summed E-state index contributed by atoms with van der Waals surface area (Å²) in [5.41, 5.74) is 1.30. The predicted octanol–water partition coefficient (Wildman–Crippen LogP) is 3.11. The van der Waals surface area contributed by atoms with Gasteiger partial charge in [-0.1, -0.05) is 53.4 Å². The molecule has 4 unspecified atom stereocenters. The van der Waals surface area contributed by atoms with Gasteiger partial charge in [0.25, 0.3) is 0 Å². The monoisotopic (exact) mass is 437 g/mol. The van der Waals surface area contributed by atoms with Crippen LogP contribution in [-0.4, -0.2) is 46.0 Å². The maximum Gasteiger partial charge on any atom is 0.225 e. The molecule has 28 heavy (non-hydrogen) atoms. The molecule has 2 fully saturated rings. The molecule has 1 aliphatic carbocycles. The molecule has 0 radical (unpaired) electrons. The van der Waals surface area contributed by atoms with E-state index in [-0.39, 0.29) is 29.4 Å². The number of amides is 1. The number of halogens is 1. The first-order chi connectivity index (χ1) is 13.7. The summed E-state index contributed by atoms with van der Waals surface area (Å²) in [4.78, 5) is 12.4. The average Bonchev–Trinajstić information content (AvgIpc) is 3.15. The van der Waals surface area contributed by atoms with Crippen LogP contribution in [0.4, 0.5) is 5.13 Å². The van der Waals surface area contributed by atoms with Gasteiger partial charge >= 0.3 is 0 Å². The Morgan fingerprint density at radius 1 is 1.25 bits per heavy atom. The second-order valence-corrected chi connectivity index (χ2v) is 10.1. The van der Waals surface area contributed by atoms with Gasteiger partial charge in [0.2, 0.25) is 11.0 Å². The molecule has 4 rings (SSSR count). The summed E-state index contributed by atoms with van der Waals surface area (Å²) in [5, 5.41) is 19.4. The molecular weight excluding hydrogens is 414 g/mol. The normalized spacial score (nSPS) is 27.1. The van der Waals surface area contributed by atoms with Gasteiger partial charge in [-0.2, -0.15) is 0 Å². The van der Waals surface area contributed by atoms with Crippen molar-refractivity contribution in [3.05, 3.63) is 35.9 Å². The third kappa shape index (κ3) is 5.17. The van der Waals surface area contributed by atoms with Gasteiger partial charge in [-0.25, -0.2) is 0 Å². The Kier molecular flexibility index (Phi) is 6.72. The Labute approximate surface area is 178 Å². The lowest BCUT2D eigenvalue weighted by molar-refractivity contribution is -0.130. The van der Waals surface area contributed by atoms with E-state index >= 15 is 0 Å². The molecule has 0 spiro atoms. The molecule has 9 heteroatoms. The van der Waals surface area contributed by atoms with Crippen molar-refractivity contribution in [1.82, 2.24) is 20.8 Å². The van der Waals surface area contributed by atoms with E-state index < -0.39 is 0 Å². The maximum absolute atomic E-state index is 12.4. The van der Waals surface area contributed by atoms with Crippen LogP contribution in [0, 0.1) is 5.92 Å². The second-order valence-electron chi connectivity index (χ2n) is 7.20. The number of hydrogen-bond acceptors (Lipinski definition) is 7. The lowest BCUT2D eigenvalue weighted by atomic mass is 9.82. The van der Waals surface area contributed by atoms with Gasteiger partial charge in [0.15, 0.2) is 4.34 Å². The van der Waals surface area contributed by atoms with E-state index in [1.807, 2.05) is 6.07 Å². The molecule has 1 saturated heterocycles. The van der Waals surface area contributed by atoms with E-state index in [1.165, 1.54) is 5.56 Å². The van der Waals surface area contributed by atoms with Crippen molar-refractivity contribution < 1.29 is 4.79 Å². The van der Waals surface area contributed by atoms with E-state index in [4.69, 9.17) is 11.6 Å². The van der Waals surface area contributed by atoms with Crippen LogP contribution in [0.1, 0.15) is 24.8 Å². The van der Waals surface area contributed by atoms with E-state index in [9.17, 15) is 4.79 Å². The van der Waals surface area contributed by atoms with E-state index in [0.29, 0.717) is 0 Å². The van der Waals surface area contributed by atoms with Crippen LogP contribution in [0.15, 0.2) is 34.7 Å². The number of nitrogens with one attached hydrogen (secondary N) is 3. The highest BCUT2D eigenvalue weighted by molar-refractivity contribution is 8.01. The molecular formula is C19H24ClN5OS2. The Balaban J connectivity index is 1.22. The lowest BCUT2D eigenvalue weighted by Crippen LogP contribution is -2.63. The highest BCUT2D eigenvalue weighted by atomic mass is 35.5. The number of aromatic nitrogens is 2. The number of carbonyl (C=O) groups excluding carboxylic acids is 1. The van der Waals surface area contributed by atoms with Crippen molar-refractivity contribution in [2.75, 3.05) is 17.6 Å². The number of alkyl halides is 1. The average molecular weight is 438 g/mol. The van der Waals surface area contributed by atoms with Crippen LogP contribution in [0.3, 0.4) is 0 Å². The number of fused-ring (bicyclic) bond motifs is 1. The van der Waals surface area contributed by atoms with Crippen LogP contribution in [-0.2, 0) is 11.2 Å². The Bertz CT molecular complexity index is 790. The smallest absolute Gasteiger partial charge is 0.225 e. The Morgan fingerprint density at radius 3 is 2.96 bits per heavy atom. The first-order valence-corrected chi connectivity index (χ1v) is 11.9. The molecule has 2 aliphatic rings. The number of benzene rings is 1. The van der Waals surface area contributed by atoms with Gasteiger partial charge in [0.1, 0.15) is 0 Å². The summed E-state index contributed by atoms with van der Waals surface area (Å²) in [7, 11) is 0. The molecule has 150 valence electrons. The number of hydrogen-bond donors (Lipinski definition) is 3. The first kappa shape index (κ1) is 19.9. The molecule has 1 saturated carbocycles. The molecule has 1 aromatic heterocycles. The summed E-state index contributed by atoms with van der Waals surface area (Å²) in [6, 6.07) is 10.6. The fourth-order valence-corrected chi connectivity index (χ4v) is 5.82. The summed E-state index contributed by atoms with van der Waals surface area (Å²) in [6.07, 6.45) is 3.54. The molecule has 1 aromatic carbocycles. The largest absolute Gasteiger partial charge is 0.360 e. The Morgan fingerprint density at radius 2 is 2.11 bits per heavy atom. The van der Waals surface area contributed by atoms with Crippen molar-refractivity contribution in [3.63, 3.8) is 0 Å². The standard InChI is InChI=1S/C19H24ClN5OS2/c20-13-6-7-14-15(10-13)22-16(23-17(14)26)11-27-19-25-24-18(28-19)21-9-8-12-4-2-1-3-5-12/h1-5,13-16,22H,6-11H2,(H,21,24)(H,23,26). The SMILES string of the molecule is O=C1NC(CSc2nnc(NCCc3ccccc3)s2)NC2CC(Cl)CCC12. The minimum Gasteiger partial charge on any atom is -0.360 e. The zero-order valence-electron chi connectivity index (χ0n) is 15.4. The number of carbonyl (C=O) groups is 1. The quantitative estimate of drug-likeness (QED) is 0.456. The summed E-state index contributed by atoms with van der Waals surface area (Å²) >= 11 is 9.45. The van der Waals surface area contributed by atoms with Crippen molar-refractivity contribution in [1.29, 1.82) is 0 Å². The summed E-state index contributed by atoms with van der Waals surface area (Å²) in [6.45, 7) is 0.826. The van der Waals surface area contributed by atoms with Crippen LogP contribution in [0.5, 0.6) is 0 Å². The van der Waals surface area contributed by atoms with Crippen LogP contribution in [0.25, 0.3) is 0 Å². The van der Waals surface area contributed by atoms with E-state index in [2.05, 4.69) is 50.4 Å². The van der Waals surface area contributed by atoms with Gasteiger partial charge in [-0.05, 0) is 31.2 Å².